The maximum Gasteiger partial charge on any atom is 0.173 e. The fraction of sp³-hybridized carbons (Fsp3) is 0.0909. The second-order valence-corrected chi connectivity index (χ2v) is 6.11. The minimum Gasteiger partial charge on any atom is -1.00 e. The Kier molecular flexibility index (Phi) is 7.49. The van der Waals surface area contributed by atoms with Gasteiger partial charge < -0.3 is 34.0 Å². The molecule has 0 aliphatic carbocycles. The van der Waals surface area contributed by atoms with Crippen LogP contribution in [0.15, 0.2) is 97.6 Å². The van der Waals surface area contributed by atoms with Gasteiger partial charge in [0, 0.05) is 35.4 Å². The molecule has 0 fully saturated rings. The third kappa shape index (κ3) is 4.99. The summed E-state index contributed by atoms with van der Waals surface area (Å²) in [5.41, 5.74) is 2.64. The lowest BCUT2D eigenvalue weighted by molar-refractivity contribution is -0.688. The number of fused-ring (bicyclic) bond motifs is 1. The van der Waals surface area contributed by atoms with Gasteiger partial charge >= 0.3 is 0 Å². The molecular weight excluding hydrogens is 452 g/mol. The van der Waals surface area contributed by atoms with Crippen LogP contribution in [-0.4, -0.2) is 0 Å². The number of aromatic nitrogens is 2. The van der Waals surface area contributed by atoms with Crippen LogP contribution in [0.3, 0.4) is 0 Å². The van der Waals surface area contributed by atoms with Crippen molar-refractivity contribution >= 4 is 10.8 Å². The van der Waals surface area contributed by atoms with Crippen LogP contribution in [0.1, 0.15) is 11.1 Å². The van der Waals surface area contributed by atoms with E-state index in [4.69, 9.17) is 0 Å². The van der Waals surface area contributed by atoms with E-state index >= 15 is 0 Å². The van der Waals surface area contributed by atoms with Gasteiger partial charge in [0.15, 0.2) is 37.9 Å². The predicted molar refractivity (Wildman–Crippen MR) is 95.4 cm³/mol. The largest absolute Gasteiger partial charge is 1.00 e. The van der Waals surface area contributed by atoms with Gasteiger partial charge in [-0.2, -0.15) is 0 Å². The van der Waals surface area contributed by atoms with Gasteiger partial charge in [0.05, 0.1) is 0 Å². The summed E-state index contributed by atoms with van der Waals surface area (Å²) in [6, 6.07) is 25.8. The molecule has 2 nitrogen and oxygen atoms in total. The van der Waals surface area contributed by atoms with Gasteiger partial charge in [-0.25, -0.2) is 9.13 Å². The van der Waals surface area contributed by atoms with E-state index in [-0.39, 0.29) is 34.0 Å². The van der Waals surface area contributed by atoms with Crippen molar-refractivity contribution in [3.05, 3.63) is 109 Å². The molecule has 0 saturated heterocycles. The predicted octanol–water partition coefficient (Wildman–Crippen LogP) is -2.48. The Morgan fingerprint density at radius 2 is 0.923 bits per heavy atom. The van der Waals surface area contributed by atoms with E-state index in [1.165, 1.54) is 21.9 Å². The summed E-state index contributed by atoms with van der Waals surface area (Å²) >= 11 is 0. The highest BCUT2D eigenvalue weighted by Gasteiger charge is 2.06. The summed E-state index contributed by atoms with van der Waals surface area (Å²) in [4.78, 5) is 0. The lowest BCUT2D eigenvalue weighted by atomic mass is 10.0. The molecule has 4 rings (SSSR count). The Balaban J connectivity index is 0.00000121. The Morgan fingerprint density at radius 1 is 0.500 bits per heavy atom. The zero-order valence-corrected chi connectivity index (χ0v) is 17.5. The van der Waals surface area contributed by atoms with Crippen LogP contribution in [0.5, 0.6) is 0 Å². The van der Waals surface area contributed by atoms with Crippen LogP contribution < -0.4 is 43.1 Å². The third-order valence-corrected chi connectivity index (χ3v) is 4.25. The Hall–Kier alpha value is -2.04. The standard InChI is InChI=1S/C22H20N2.2BrH/c1-3-11-23(12-4-1)17-19-7-9-21-10-8-20(16-22(21)15-19)18-24-13-5-2-6-14-24;;/h1-16H,17-18H2;2*1H/q+2;;/p-2. The Bertz CT molecular complexity index is 881. The SMILES string of the molecule is [Br-].[Br-].c1cc[n+](Cc2ccc3ccc(C[n+]4ccccc4)cc3c2)cc1. The molecule has 2 heterocycles. The maximum atomic E-state index is 2.30. The molecule has 0 atom stereocenters. The van der Waals surface area contributed by atoms with Crippen LogP contribution in [0.2, 0.25) is 0 Å². The molecule has 0 N–H and O–H groups in total. The molecule has 0 amide bonds. The van der Waals surface area contributed by atoms with Crippen molar-refractivity contribution in [1.82, 2.24) is 0 Å². The Labute approximate surface area is 175 Å². The summed E-state index contributed by atoms with van der Waals surface area (Å²) in [5, 5.41) is 2.59. The lowest BCUT2D eigenvalue weighted by Crippen LogP contribution is -3.00. The first-order valence-corrected chi connectivity index (χ1v) is 8.27. The topological polar surface area (TPSA) is 7.76 Å². The molecule has 0 spiro atoms. The summed E-state index contributed by atoms with van der Waals surface area (Å²) in [5.74, 6) is 0. The maximum absolute atomic E-state index is 2.30. The van der Waals surface area contributed by atoms with Gasteiger partial charge in [-0.15, -0.1) is 0 Å². The smallest absolute Gasteiger partial charge is 0.173 e. The summed E-state index contributed by atoms with van der Waals surface area (Å²) in [6.07, 6.45) is 8.42. The van der Waals surface area contributed by atoms with Gasteiger partial charge in [-0.1, -0.05) is 36.4 Å². The fourth-order valence-electron chi connectivity index (χ4n) is 3.04. The molecular formula is C22H20Br2N2. The van der Waals surface area contributed by atoms with Crippen LogP contribution in [0, 0.1) is 0 Å². The molecule has 0 bridgehead atoms. The van der Waals surface area contributed by atoms with E-state index in [1.54, 1.807) is 0 Å². The highest BCUT2D eigenvalue weighted by molar-refractivity contribution is 5.83. The quantitative estimate of drug-likeness (QED) is 0.291. The van der Waals surface area contributed by atoms with E-state index in [9.17, 15) is 0 Å². The fourth-order valence-corrected chi connectivity index (χ4v) is 3.04. The van der Waals surface area contributed by atoms with Crippen molar-refractivity contribution in [1.29, 1.82) is 0 Å². The number of nitrogens with zero attached hydrogens (tertiary/aromatic N) is 2. The average molecular weight is 472 g/mol. The van der Waals surface area contributed by atoms with Crippen molar-refractivity contribution < 1.29 is 43.1 Å². The average Bonchev–Trinajstić information content (AvgIpc) is 2.63. The van der Waals surface area contributed by atoms with Crippen LogP contribution in [0.4, 0.5) is 0 Å². The second-order valence-electron chi connectivity index (χ2n) is 6.11. The summed E-state index contributed by atoms with van der Waals surface area (Å²) < 4.78 is 4.40. The molecule has 0 aliphatic heterocycles. The van der Waals surface area contributed by atoms with E-state index in [0.717, 1.165) is 13.1 Å². The first-order valence-electron chi connectivity index (χ1n) is 8.27. The zero-order valence-electron chi connectivity index (χ0n) is 14.3. The van der Waals surface area contributed by atoms with E-state index in [1.807, 2.05) is 12.1 Å². The van der Waals surface area contributed by atoms with E-state index in [0.29, 0.717) is 0 Å². The number of rotatable bonds is 4. The molecule has 132 valence electrons. The van der Waals surface area contributed by atoms with Gasteiger partial charge in [0.1, 0.15) is 0 Å². The van der Waals surface area contributed by atoms with Crippen molar-refractivity contribution in [2.24, 2.45) is 0 Å². The monoisotopic (exact) mass is 470 g/mol. The number of benzene rings is 2. The summed E-state index contributed by atoms with van der Waals surface area (Å²) in [7, 11) is 0. The summed E-state index contributed by atoms with van der Waals surface area (Å²) in [6.45, 7) is 1.79. The van der Waals surface area contributed by atoms with Crippen LogP contribution >= 0.6 is 0 Å². The van der Waals surface area contributed by atoms with Gasteiger partial charge in [0.25, 0.3) is 0 Å². The Morgan fingerprint density at radius 3 is 1.35 bits per heavy atom. The lowest BCUT2D eigenvalue weighted by Gasteiger charge is -2.04. The normalized spacial score (nSPS) is 10.0. The van der Waals surface area contributed by atoms with Crippen molar-refractivity contribution in [3.63, 3.8) is 0 Å². The highest BCUT2D eigenvalue weighted by Crippen LogP contribution is 2.18. The molecule has 2 aromatic carbocycles. The molecule has 4 heteroatoms. The number of hydrogen-bond acceptors (Lipinski definition) is 0. The van der Waals surface area contributed by atoms with Crippen molar-refractivity contribution in [3.8, 4) is 0 Å². The zero-order chi connectivity index (χ0) is 16.2. The molecule has 4 aromatic rings. The van der Waals surface area contributed by atoms with Crippen molar-refractivity contribution in [2.45, 2.75) is 13.1 Å². The molecule has 0 unspecified atom stereocenters. The minimum atomic E-state index is 0. The second kappa shape index (κ2) is 9.60. The molecule has 2 aromatic heterocycles. The third-order valence-electron chi connectivity index (χ3n) is 4.25. The number of halogens is 2. The number of hydrogen-bond donors (Lipinski definition) is 0. The van der Waals surface area contributed by atoms with Gasteiger partial charge in [-0.05, 0) is 22.9 Å². The van der Waals surface area contributed by atoms with Gasteiger partial charge in [0.2, 0.25) is 0 Å². The highest BCUT2D eigenvalue weighted by atomic mass is 79.9. The van der Waals surface area contributed by atoms with Crippen molar-refractivity contribution in [2.75, 3.05) is 0 Å². The first-order chi connectivity index (χ1) is 11.9. The molecule has 0 aliphatic rings. The first kappa shape index (κ1) is 20.3. The molecule has 26 heavy (non-hydrogen) atoms. The van der Waals surface area contributed by atoms with Crippen LogP contribution in [0.25, 0.3) is 10.8 Å². The number of pyridine rings is 2. The molecule has 0 saturated carbocycles. The van der Waals surface area contributed by atoms with Gasteiger partial charge in [-0.3, -0.25) is 0 Å². The minimum absolute atomic E-state index is 0. The molecule has 0 radical (unpaired) electrons. The van der Waals surface area contributed by atoms with Crippen LogP contribution in [-0.2, 0) is 13.1 Å². The van der Waals surface area contributed by atoms with E-state index < -0.39 is 0 Å². The van der Waals surface area contributed by atoms with E-state index in [2.05, 4.69) is 94.6 Å².